The molecule has 0 saturated heterocycles. The molecule has 5 heteroatoms. The van der Waals surface area contributed by atoms with E-state index < -0.39 is 0 Å². The molecule has 0 aliphatic rings. The van der Waals surface area contributed by atoms with Crippen molar-refractivity contribution < 1.29 is 0 Å². The third kappa shape index (κ3) is 2.84. The molecule has 0 radical (unpaired) electrons. The first-order valence-corrected chi connectivity index (χ1v) is 5.18. The monoisotopic (exact) mass is 234 g/mol. The van der Waals surface area contributed by atoms with Gasteiger partial charge in [0, 0.05) is 12.2 Å². The average Bonchev–Trinajstić information content (AvgIpc) is 2.28. The molecule has 2 rings (SSSR count). The standard InChI is InChI=1S/C11H11ClN4/c12-10-6-14-7-11(16-10)15-5-8-1-3-9(13)4-2-8/h1-4,6-7H,5,13H2,(H,15,16). The molecule has 3 N–H and O–H groups in total. The van der Waals surface area contributed by atoms with E-state index in [-0.39, 0.29) is 0 Å². The Kier molecular flexibility index (Phi) is 3.22. The Labute approximate surface area is 98.5 Å². The van der Waals surface area contributed by atoms with Crippen LogP contribution in [0.5, 0.6) is 0 Å². The van der Waals surface area contributed by atoms with E-state index in [0.29, 0.717) is 17.5 Å². The molecular formula is C11H11ClN4. The Hall–Kier alpha value is -1.81. The molecule has 0 aliphatic heterocycles. The Morgan fingerprint density at radius 2 is 1.94 bits per heavy atom. The summed E-state index contributed by atoms with van der Waals surface area (Å²) in [5.74, 6) is 0.657. The van der Waals surface area contributed by atoms with Crippen LogP contribution in [0.3, 0.4) is 0 Å². The van der Waals surface area contributed by atoms with Crippen LogP contribution in [0.15, 0.2) is 36.7 Å². The van der Waals surface area contributed by atoms with Gasteiger partial charge >= 0.3 is 0 Å². The number of nitrogens with one attached hydrogen (secondary N) is 1. The van der Waals surface area contributed by atoms with E-state index >= 15 is 0 Å². The smallest absolute Gasteiger partial charge is 0.149 e. The van der Waals surface area contributed by atoms with E-state index in [1.165, 1.54) is 6.20 Å². The van der Waals surface area contributed by atoms with Crippen LogP contribution in [0.1, 0.15) is 5.56 Å². The lowest BCUT2D eigenvalue weighted by Gasteiger charge is -2.05. The first kappa shape index (κ1) is 10.7. The summed E-state index contributed by atoms with van der Waals surface area (Å²) in [6.07, 6.45) is 3.12. The quantitative estimate of drug-likeness (QED) is 0.800. The molecule has 1 aromatic heterocycles. The number of nitrogens with two attached hydrogens (primary N) is 1. The van der Waals surface area contributed by atoms with Gasteiger partial charge < -0.3 is 11.1 Å². The number of anilines is 2. The molecule has 0 amide bonds. The van der Waals surface area contributed by atoms with Gasteiger partial charge in [-0.05, 0) is 17.7 Å². The molecule has 4 nitrogen and oxygen atoms in total. The Bertz CT molecular complexity index is 470. The van der Waals surface area contributed by atoms with E-state index in [1.54, 1.807) is 6.20 Å². The van der Waals surface area contributed by atoms with E-state index in [9.17, 15) is 0 Å². The van der Waals surface area contributed by atoms with Crippen molar-refractivity contribution >= 4 is 23.1 Å². The summed E-state index contributed by atoms with van der Waals surface area (Å²) in [5, 5.41) is 3.50. The number of benzene rings is 1. The van der Waals surface area contributed by atoms with Crippen molar-refractivity contribution in [2.45, 2.75) is 6.54 Å². The summed E-state index contributed by atoms with van der Waals surface area (Å²) in [5.41, 5.74) is 7.47. The fraction of sp³-hybridized carbons (Fsp3) is 0.0909. The molecule has 82 valence electrons. The molecule has 16 heavy (non-hydrogen) atoms. The lowest BCUT2D eigenvalue weighted by molar-refractivity contribution is 1.09. The number of hydrogen-bond donors (Lipinski definition) is 2. The first-order chi connectivity index (χ1) is 7.74. The van der Waals surface area contributed by atoms with Gasteiger partial charge in [-0.25, -0.2) is 4.98 Å². The topological polar surface area (TPSA) is 63.8 Å². The highest BCUT2D eigenvalue weighted by molar-refractivity contribution is 6.29. The molecule has 0 bridgehead atoms. The zero-order chi connectivity index (χ0) is 11.4. The van der Waals surface area contributed by atoms with Gasteiger partial charge in [0.1, 0.15) is 11.0 Å². The largest absolute Gasteiger partial charge is 0.399 e. The molecule has 1 aromatic carbocycles. The zero-order valence-corrected chi connectivity index (χ0v) is 9.28. The summed E-state index contributed by atoms with van der Waals surface area (Å²) in [4.78, 5) is 8.01. The molecule has 0 saturated carbocycles. The molecule has 0 atom stereocenters. The second-order valence-corrected chi connectivity index (χ2v) is 3.71. The fourth-order valence-electron chi connectivity index (χ4n) is 1.26. The number of hydrogen-bond acceptors (Lipinski definition) is 4. The lowest BCUT2D eigenvalue weighted by atomic mass is 10.2. The van der Waals surface area contributed by atoms with Gasteiger partial charge in [0.2, 0.25) is 0 Å². The van der Waals surface area contributed by atoms with Crippen LogP contribution in [-0.2, 0) is 6.54 Å². The minimum absolute atomic E-state index is 0.377. The number of nitrogens with zero attached hydrogens (tertiary/aromatic N) is 2. The first-order valence-electron chi connectivity index (χ1n) is 4.80. The second-order valence-electron chi connectivity index (χ2n) is 3.32. The van der Waals surface area contributed by atoms with E-state index in [0.717, 1.165) is 11.3 Å². The molecule has 0 unspecified atom stereocenters. The normalized spacial score (nSPS) is 10.1. The minimum Gasteiger partial charge on any atom is -0.399 e. The Morgan fingerprint density at radius 3 is 2.62 bits per heavy atom. The molecule has 1 heterocycles. The minimum atomic E-state index is 0.377. The number of aromatic nitrogens is 2. The van der Waals surface area contributed by atoms with Gasteiger partial charge in [-0.1, -0.05) is 23.7 Å². The molecular weight excluding hydrogens is 224 g/mol. The average molecular weight is 235 g/mol. The molecule has 0 spiro atoms. The summed E-state index contributed by atoms with van der Waals surface area (Å²) in [6.45, 7) is 0.662. The molecule has 2 aromatic rings. The van der Waals surface area contributed by atoms with E-state index in [1.807, 2.05) is 24.3 Å². The van der Waals surface area contributed by atoms with Gasteiger partial charge in [0.05, 0.1) is 12.4 Å². The van der Waals surface area contributed by atoms with Gasteiger partial charge in [-0.2, -0.15) is 0 Å². The van der Waals surface area contributed by atoms with Gasteiger partial charge in [0.25, 0.3) is 0 Å². The number of halogens is 1. The zero-order valence-electron chi connectivity index (χ0n) is 8.52. The van der Waals surface area contributed by atoms with E-state index in [4.69, 9.17) is 17.3 Å². The summed E-state index contributed by atoms with van der Waals surface area (Å²) < 4.78 is 0. The number of nitrogen functional groups attached to an aromatic ring is 1. The van der Waals surface area contributed by atoms with Crippen molar-refractivity contribution in [1.82, 2.24) is 9.97 Å². The molecule has 0 aliphatic carbocycles. The van der Waals surface area contributed by atoms with Crippen molar-refractivity contribution in [3.63, 3.8) is 0 Å². The molecule has 0 fully saturated rings. The highest BCUT2D eigenvalue weighted by Crippen LogP contribution is 2.10. The van der Waals surface area contributed by atoms with Crippen LogP contribution in [0, 0.1) is 0 Å². The van der Waals surface area contributed by atoms with Crippen molar-refractivity contribution in [3.05, 3.63) is 47.4 Å². The third-order valence-corrected chi connectivity index (χ3v) is 2.24. The predicted octanol–water partition coefficient (Wildman–Crippen LogP) is 2.32. The van der Waals surface area contributed by atoms with Gasteiger partial charge in [-0.15, -0.1) is 0 Å². The van der Waals surface area contributed by atoms with Crippen LogP contribution in [0.4, 0.5) is 11.5 Å². The summed E-state index contributed by atoms with van der Waals surface area (Å²) in [6, 6.07) is 7.64. The summed E-state index contributed by atoms with van der Waals surface area (Å²) >= 11 is 5.72. The Morgan fingerprint density at radius 1 is 1.19 bits per heavy atom. The third-order valence-electron chi connectivity index (χ3n) is 2.06. The predicted molar refractivity (Wildman–Crippen MR) is 65.2 cm³/mol. The van der Waals surface area contributed by atoms with Crippen molar-refractivity contribution in [2.24, 2.45) is 0 Å². The van der Waals surface area contributed by atoms with Crippen molar-refractivity contribution in [3.8, 4) is 0 Å². The fourth-order valence-corrected chi connectivity index (χ4v) is 1.40. The summed E-state index contributed by atoms with van der Waals surface area (Å²) in [7, 11) is 0. The number of rotatable bonds is 3. The highest BCUT2D eigenvalue weighted by Gasteiger charge is 1.96. The van der Waals surface area contributed by atoms with Crippen LogP contribution in [0.25, 0.3) is 0 Å². The van der Waals surface area contributed by atoms with Crippen molar-refractivity contribution in [1.29, 1.82) is 0 Å². The second kappa shape index (κ2) is 4.81. The van der Waals surface area contributed by atoms with E-state index in [2.05, 4.69) is 15.3 Å². The van der Waals surface area contributed by atoms with Crippen LogP contribution >= 0.6 is 11.6 Å². The van der Waals surface area contributed by atoms with Crippen molar-refractivity contribution in [2.75, 3.05) is 11.1 Å². The van der Waals surface area contributed by atoms with Gasteiger partial charge in [0.15, 0.2) is 0 Å². The van der Waals surface area contributed by atoms with Crippen LogP contribution < -0.4 is 11.1 Å². The van der Waals surface area contributed by atoms with Crippen LogP contribution in [0.2, 0.25) is 5.15 Å². The lowest BCUT2D eigenvalue weighted by Crippen LogP contribution is -2.01. The maximum absolute atomic E-state index is 5.72. The SMILES string of the molecule is Nc1ccc(CNc2cncc(Cl)n2)cc1. The van der Waals surface area contributed by atoms with Gasteiger partial charge in [-0.3, -0.25) is 4.98 Å². The maximum Gasteiger partial charge on any atom is 0.149 e. The maximum atomic E-state index is 5.72. The Balaban J connectivity index is 1.99. The highest BCUT2D eigenvalue weighted by atomic mass is 35.5. The van der Waals surface area contributed by atoms with Crippen LogP contribution in [-0.4, -0.2) is 9.97 Å².